The molecule has 0 saturated heterocycles. The monoisotopic (exact) mass is 408 g/mol. The Morgan fingerprint density at radius 2 is 2.00 bits per heavy atom. The average Bonchev–Trinajstić information content (AvgIpc) is 3.05. The maximum atomic E-state index is 12.5. The molecular formula is C18H20N2O5S2. The molecule has 0 aliphatic rings. The Morgan fingerprint density at radius 3 is 2.59 bits per heavy atom. The minimum atomic E-state index is -0.536. The maximum Gasteiger partial charge on any atom is 0.341 e. The lowest BCUT2D eigenvalue weighted by Gasteiger charge is -2.09. The van der Waals surface area contributed by atoms with Crippen LogP contribution in [0.5, 0.6) is 0 Å². The van der Waals surface area contributed by atoms with Gasteiger partial charge in [0.1, 0.15) is 10.6 Å². The molecule has 0 aliphatic heterocycles. The van der Waals surface area contributed by atoms with Crippen LogP contribution < -0.4 is 5.32 Å². The fourth-order valence-electron chi connectivity index (χ4n) is 2.40. The number of rotatable bonds is 9. The van der Waals surface area contributed by atoms with E-state index < -0.39 is 10.9 Å². The zero-order chi connectivity index (χ0) is 19.8. The second-order valence-electron chi connectivity index (χ2n) is 5.52. The highest BCUT2D eigenvalue weighted by Crippen LogP contribution is 2.37. The highest BCUT2D eigenvalue weighted by Gasteiger charge is 2.23. The molecule has 1 heterocycles. The van der Waals surface area contributed by atoms with Crippen molar-refractivity contribution in [1.29, 1.82) is 0 Å². The molecule has 2 rings (SSSR count). The molecule has 7 nitrogen and oxygen atoms in total. The highest BCUT2D eigenvalue weighted by atomic mass is 32.2. The Labute approximate surface area is 165 Å². The number of amides is 1. The van der Waals surface area contributed by atoms with Gasteiger partial charge in [-0.2, -0.15) is 11.8 Å². The molecular weight excluding hydrogens is 388 g/mol. The first kappa shape index (κ1) is 20.9. The van der Waals surface area contributed by atoms with Crippen molar-refractivity contribution in [3.05, 3.63) is 45.3 Å². The molecule has 0 fully saturated rings. The van der Waals surface area contributed by atoms with Gasteiger partial charge in [0.05, 0.1) is 11.5 Å². The summed E-state index contributed by atoms with van der Waals surface area (Å²) < 4.78 is 5.14. The summed E-state index contributed by atoms with van der Waals surface area (Å²) in [7, 11) is 0. The number of thioether (sulfide) groups is 1. The van der Waals surface area contributed by atoms with Gasteiger partial charge in [0.2, 0.25) is 5.91 Å². The summed E-state index contributed by atoms with van der Waals surface area (Å²) in [6, 6.07) is 5.91. The molecule has 0 radical (unpaired) electrons. The average molecular weight is 409 g/mol. The normalized spacial score (nSPS) is 10.4. The van der Waals surface area contributed by atoms with E-state index in [0.29, 0.717) is 22.5 Å². The molecule has 1 N–H and O–H groups in total. The first-order valence-corrected chi connectivity index (χ1v) is 10.6. The van der Waals surface area contributed by atoms with Crippen LogP contribution in [-0.4, -0.2) is 35.4 Å². The fourth-order valence-corrected chi connectivity index (χ4v) is 3.80. The molecule has 0 saturated carbocycles. The molecule has 0 aliphatic carbocycles. The summed E-state index contributed by atoms with van der Waals surface area (Å²) in [6.07, 6.45) is 3.10. The molecule has 0 spiro atoms. The number of nitro groups is 1. The number of hydrogen-bond donors (Lipinski definition) is 1. The van der Waals surface area contributed by atoms with Crippen molar-refractivity contribution >= 4 is 45.7 Å². The van der Waals surface area contributed by atoms with Crippen LogP contribution in [-0.2, 0) is 9.53 Å². The summed E-state index contributed by atoms with van der Waals surface area (Å²) in [6.45, 7) is 1.91. The number of non-ortho nitro benzene ring substituents is 1. The molecule has 144 valence electrons. The summed E-state index contributed by atoms with van der Waals surface area (Å²) in [5, 5.41) is 15.8. The number of esters is 1. The van der Waals surface area contributed by atoms with Crippen LogP contribution in [0.3, 0.4) is 0 Å². The number of anilines is 1. The van der Waals surface area contributed by atoms with Crippen LogP contribution in [0.4, 0.5) is 10.7 Å². The smallest absolute Gasteiger partial charge is 0.341 e. The molecule has 0 unspecified atom stereocenters. The fraction of sp³-hybridized carbons (Fsp3) is 0.333. The van der Waals surface area contributed by atoms with Crippen LogP contribution in [0.25, 0.3) is 11.1 Å². The van der Waals surface area contributed by atoms with Crippen LogP contribution in [0.15, 0.2) is 29.6 Å². The minimum Gasteiger partial charge on any atom is -0.462 e. The Morgan fingerprint density at radius 1 is 1.30 bits per heavy atom. The van der Waals surface area contributed by atoms with Crippen molar-refractivity contribution in [1.82, 2.24) is 0 Å². The van der Waals surface area contributed by atoms with Crippen molar-refractivity contribution in [3.8, 4) is 11.1 Å². The molecule has 1 amide bonds. The number of nitrogens with zero attached hydrogens (tertiary/aromatic N) is 1. The second kappa shape index (κ2) is 10.1. The molecule has 2 aromatic rings. The topological polar surface area (TPSA) is 98.5 Å². The van der Waals surface area contributed by atoms with Gasteiger partial charge in [0.15, 0.2) is 0 Å². The van der Waals surface area contributed by atoms with Gasteiger partial charge in [-0.05, 0) is 43.0 Å². The number of carbonyl (C=O) groups is 2. The molecule has 0 bridgehead atoms. The van der Waals surface area contributed by atoms with Gasteiger partial charge in [0.25, 0.3) is 5.69 Å². The maximum absolute atomic E-state index is 12.5. The SMILES string of the molecule is CCOC(=O)c1c(-c2ccc([N+](=O)[O-])cc2)csc1NC(=O)CCCSC. The number of nitrogens with one attached hydrogen (secondary N) is 1. The van der Waals surface area contributed by atoms with E-state index in [2.05, 4.69) is 5.32 Å². The highest BCUT2D eigenvalue weighted by molar-refractivity contribution is 7.98. The van der Waals surface area contributed by atoms with E-state index in [1.54, 1.807) is 36.2 Å². The molecule has 1 aromatic carbocycles. The Bertz CT molecular complexity index is 818. The summed E-state index contributed by atoms with van der Waals surface area (Å²) in [4.78, 5) is 34.9. The van der Waals surface area contributed by atoms with Crippen LogP contribution in [0, 0.1) is 10.1 Å². The predicted molar refractivity (Wildman–Crippen MR) is 109 cm³/mol. The molecule has 27 heavy (non-hydrogen) atoms. The first-order valence-electron chi connectivity index (χ1n) is 8.30. The van der Waals surface area contributed by atoms with Gasteiger partial charge in [-0.25, -0.2) is 4.79 Å². The van der Waals surface area contributed by atoms with Crippen molar-refractivity contribution in [3.63, 3.8) is 0 Å². The third-order valence-electron chi connectivity index (χ3n) is 3.66. The molecule has 9 heteroatoms. The zero-order valence-electron chi connectivity index (χ0n) is 15.0. The Balaban J connectivity index is 2.32. The minimum absolute atomic E-state index is 0.0333. The zero-order valence-corrected chi connectivity index (χ0v) is 16.7. The number of benzene rings is 1. The van der Waals surface area contributed by atoms with Crippen molar-refractivity contribution in [2.75, 3.05) is 23.9 Å². The van der Waals surface area contributed by atoms with Crippen LogP contribution in [0.2, 0.25) is 0 Å². The first-order chi connectivity index (χ1) is 13.0. The van der Waals surface area contributed by atoms with Crippen LogP contribution in [0.1, 0.15) is 30.1 Å². The lowest BCUT2D eigenvalue weighted by Crippen LogP contribution is -2.14. The Hall–Kier alpha value is -2.39. The lowest BCUT2D eigenvalue weighted by molar-refractivity contribution is -0.384. The number of ether oxygens (including phenoxy) is 1. The van der Waals surface area contributed by atoms with Crippen molar-refractivity contribution in [2.45, 2.75) is 19.8 Å². The predicted octanol–water partition coefficient (Wildman–Crippen LogP) is 4.58. The van der Waals surface area contributed by atoms with E-state index in [1.807, 2.05) is 6.26 Å². The van der Waals surface area contributed by atoms with Crippen LogP contribution >= 0.6 is 23.1 Å². The lowest BCUT2D eigenvalue weighted by atomic mass is 10.0. The van der Waals surface area contributed by atoms with E-state index in [-0.39, 0.29) is 23.8 Å². The van der Waals surface area contributed by atoms with Crippen molar-refractivity contribution in [2.24, 2.45) is 0 Å². The number of carbonyl (C=O) groups excluding carboxylic acids is 2. The van der Waals surface area contributed by atoms with E-state index in [9.17, 15) is 19.7 Å². The van der Waals surface area contributed by atoms with E-state index in [4.69, 9.17) is 4.74 Å². The summed E-state index contributed by atoms with van der Waals surface area (Å²) in [5.74, 6) is 0.189. The van der Waals surface area contributed by atoms with Gasteiger partial charge >= 0.3 is 5.97 Å². The van der Waals surface area contributed by atoms with Gasteiger partial charge in [-0.1, -0.05) is 0 Å². The summed E-state index contributed by atoms with van der Waals surface area (Å²) in [5.41, 5.74) is 1.46. The quantitative estimate of drug-likeness (QED) is 0.282. The largest absolute Gasteiger partial charge is 0.462 e. The third kappa shape index (κ3) is 5.54. The Kier molecular flexibility index (Phi) is 7.81. The van der Waals surface area contributed by atoms with Gasteiger partial charge in [-0.15, -0.1) is 11.3 Å². The third-order valence-corrected chi connectivity index (χ3v) is 5.26. The van der Waals surface area contributed by atoms with E-state index in [0.717, 1.165) is 12.2 Å². The number of hydrogen-bond acceptors (Lipinski definition) is 7. The second-order valence-corrected chi connectivity index (χ2v) is 7.39. The standard InChI is InChI=1S/C18H20N2O5S2/c1-3-25-18(22)16-14(12-6-8-13(9-7-12)20(23)24)11-27-17(16)19-15(21)5-4-10-26-2/h6-9,11H,3-5,10H2,1-2H3,(H,19,21). The molecule has 0 atom stereocenters. The number of thiophene rings is 1. The van der Waals surface area contributed by atoms with Gasteiger partial charge < -0.3 is 10.1 Å². The van der Waals surface area contributed by atoms with Gasteiger partial charge in [-0.3, -0.25) is 14.9 Å². The summed E-state index contributed by atoms with van der Waals surface area (Å²) >= 11 is 2.90. The van der Waals surface area contributed by atoms with E-state index in [1.165, 1.54) is 23.5 Å². The number of nitro benzene ring substituents is 1. The van der Waals surface area contributed by atoms with E-state index >= 15 is 0 Å². The molecule has 1 aromatic heterocycles. The van der Waals surface area contributed by atoms with Gasteiger partial charge in [0, 0.05) is 29.5 Å². The van der Waals surface area contributed by atoms with Crippen molar-refractivity contribution < 1.29 is 19.2 Å².